The molecule has 1 aromatic heterocycles. The first-order valence-corrected chi connectivity index (χ1v) is 6.63. The average Bonchev–Trinajstić information content (AvgIpc) is 2.84. The number of hydrogen-bond acceptors (Lipinski definition) is 2. The molecule has 2 rings (SSSR count). The Morgan fingerprint density at radius 3 is 2.36 bits per heavy atom. The number of benzene rings is 1. The molecular weight excluding hydrogens is 295 g/mol. The van der Waals surface area contributed by atoms with Crippen LogP contribution < -0.4 is 0 Å². The van der Waals surface area contributed by atoms with Crippen molar-refractivity contribution in [3.63, 3.8) is 0 Å². The van der Waals surface area contributed by atoms with Gasteiger partial charge in [0.25, 0.3) is 5.91 Å². The minimum atomic E-state index is -4.44. The predicted molar refractivity (Wildman–Crippen MR) is 76.1 cm³/mol. The highest BCUT2D eigenvalue weighted by Crippen LogP contribution is 2.21. The van der Waals surface area contributed by atoms with Gasteiger partial charge in [-0.3, -0.25) is 4.79 Å². The van der Waals surface area contributed by atoms with Crippen LogP contribution in [-0.4, -0.2) is 40.4 Å². The van der Waals surface area contributed by atoms with Crippen LogP contribution in [-0.2, 0) is 0 Å². The van der Waals surface area contributed by atoms with Crippen molar-refractivity contribution in [1.82, 2.24) is 14.7 Å². The van der Waals surface area contributed by atoms with Gasteiger partial charge < -0.3 is 4.90 Å². The van der Waals surface area contributed by atoms with Crippen LogP contribution in [0.25, 0.3) is 5.69 Å². The molecule has 0 aliphatic heterocycles. The van der Waals surface area contributed by atoms with Gasteiger partial charge in [0.1, 0.15) is 12.2 Å². The molecule has 4 nitrogen and oxygen atoms in total. The maximum Gasteiger partial charge on any atom is 0.406 e. The molecule has 0 bridgehead atoms. The van der Waals surface area contributed by atoms with E-state index >= 15 is 0 Å². The summed E-state index contributed by atoms with van der Waals surface area (Å²) in [6.45, 7) is 2.42. The quantitative estimate of drug-likeness (QED) is 0.873. The summed E-state index contributed by atoms with van der Waals surface area (Å²) in [5, 5.41) is 4.10. The molecule has 0 aliphatic carbocycles. The van der Waals surface area contributed by atoms with Gasteiger partial charge in [-0.05, 0) is 31.0 Å². The lowest BCUT2D eigenvalue weighted by molar-refractivity contribution is -0.138. The third-order valence-electron chi connectivity index (χ3n) is 3.28. The lowest BCUT2D eigenvalue weighted by atomic mass is 10.1. The third kappa shape index (κ3) is 3.29. The van der Waals surface area contributed by atoms with E-state index in [-0.39, 0.29) is 5.69 Å². The lowest BCUT2D eigenvalue weighted by Gasteiger charge is -2.20. The predicted octanol–water partition coefficient (Wildman–Crippen LogP) is 3.12. The molecule has 0 radical (unpaired) electrons. The number of aromatic nitrogens is 2. The van der Waals surface area contributed by atoms with E-state index in [1.807, 2.05) is 32.0 Å². The van der Waals surface area contributed by atoms with Gasteiger partial charge in [-0.1, -0.05) is 18.2 Å². The third-order valence-corrected chi connectivity index (χ3v) is 3.28. The van der Waals surface area contributed by atoms with Crippen molar-refractivity contribution in [2.24, 2.45) is 0 Å². The Balaban J connectivity index is 2.40. The number of alkyl halides is 3. The number of nitrogens with zero attached hydrogens (tertiary/aromatic N) is 3. The normalized spacial score (nSPS) is 11.5. The number of carbonyl (C=O) groups is 1. The van der Waals surface area contributed by atoms with Crippen LogP contribution in [0.1, 0.15) is 21.6 Å². The summed E-state index contributed by atoms with van der Waals surface area (Å²) in [4.78, 5) is 12.9. The molecule has 0 saturated carbocycles. The number of para-hydroxylation sites is 1. The number of carbonyl (C=O) groups excluding carboxylic acids is 1. The number of amides is 1. The van der Waals surface area contributed by atoms with Crippen LogP contribution in [0, 0.1) is 13.8 Å². The summed E-state index contributed by atoms with van der Waals surface area (Å²) in [5.41, 5.74) is 2.58. The SMILES string of the molecule is Cc1cccc(C)c1-n1nccc1C(=O)N(C)CC(F)(F)F. The molecule has 1 heterocycles. The molecular formula is C15H16F3N3O. The highest BCUT2D eigenvalue weighted by molar-refractivity contribution is 5.93. The van der Waals surface area contributed by atoms with E-state index in [0.29, 0.717) is 10.6 Å². The molecule has 22 heavy (non-hydrogen) atoms. The van der Waals surface area contributed by atoms with Gasteiger partial charge in [0.15, 0.2) is 0 Å². The molecule has 7 heteroatoms. The number of hydrogen-bond donors (Lipinski definition) is 0. The summed E-state index contributed by atoms with van der Waals surface area (Å²) >= 11 is 0. The van der Waals surface area contributed by atoms with Crippen LogP contribution in [0.3, 0.4) is 0 Å². The Morgan fingerprint density at radius 2 is 1.82 bits per heavy atom. The van der Waals surface area contributed by atoms with Crippen LogP contribution in [0.15, 0.2) is 30.5 Å². The van der Waals surface area contributed by atoms with Gasteiger partial charge in [-0.25, -0.2) is 4.68 Å². The Kier molecular flexibility index (Phi) is 4.25. The molecule has 0 N–H and O–H groups in total. The largest absolute Gasteiger partial charge is 0.406 e. The average molecular weight is 311 g/mol. The summed E-state index contributed by atoms with van der Waals surface area (Å²) in [6.07, 6.45) is -3.03. The van der Waals surface area contributed by atoms with E-state index in [1.165, 1.54) is 16.9 Å². The fourth-order valence-electron chi connectivity index (χ4n) is 2.32. The smallest absolute Gasteiger partial charge is 0.331 e. The molecule has 0 spiro atoms. The van der Waals surface area contributed by atoms with Gasteiger partial charge in [-0.2, -0.15) is 18.3 Å². The molecule has 1 amide bonds. The maximum atomic E-state index is 12.4. The summed E-state index contributed by atoms with van der Waals surface area (Å²) < 4.78 is 38.7. The molecule has 0 saturated heterocycles. The van der Waals surface area contributed by atoms with Crippen molar-refractivity contribution in [2.45, 2.75) is 20.0 Å². The summed E-state index contributed by atoms with van der Waals surface area (Å²) in [6, 6.07) is 7.01. The number of aryl methyl sites for hydroxylation is 2. The van der Waals surface area contributed by atoms with Crippen LogP contribution in [0.5, 0.6) is 0 Å². The van der Waals surface area contributed by atoms with Gasteiger partial charge in [0.2, 0.25) is 0 Å². The zero-order chi connectivity index (χ0) is 16.5. The monoisotopic (exact) mass is 311 g/mol. The van der Waals surface area contributed by atoms with Gasteiger partial charge in [-0.15, -0.1) is 0 Å². The van der Waals surface area contributed by atoms with Crippen molar-refractivity contribution in [2.75, 3.05) is 13.6 Å². The molecule has 0 aliphatic rings. The second-order valence-corrected chi connectivity index (χ2v) is 5.15. The maximum absolute atomic E-state index is 12.4. The summed E-state index contributed by atoms with van der Waals surface area (Å²) in [7, 11) is 1.12. The highest BCUT2D eigenvalue weighted by Gasteiger charge is 2.32. The molecule has 2 aromatic rings. The minimum absolute atomic E-state index is 0.101. The van der Waals surface area contributed by atoms with Gasteiger partial charge in [0.05, 0.1) is 11.9 Å². The first kappa shape index (κ1) is 16.1. The van der Waals surface area contributed by atoms with E-state index < -0.39 is 18.6 Å². The zero-order valence-corrected chi connectivity index (χ0v) is 12.5. The molecule has 118 valence electrons. The Bertz CT molecular complexity index is 671. The second kappa shape index (κ2) is 5.82. The fraction of sp³-hybridized carbons (Fsp3) is 0.333. The number of halogens is 3. The van der Waals surface area contributed by atoms with Crippen molar-refractivity contribution in [3.8, 4) is 5.69 Å². The van der Waals surface area contributed by atoms with E-state index in [0.717, 1.165) is 18.2 Å². The highest BCUT2D eigenvalue weighted by atomic mass is 19.4. The van der Waals surface area contributed by atoms with Crippen molar-refractivity contribution in [1.29, 1.82) is 0 Å². The van der Waals surface area contributed by atoms with Crippen LogP contribution >= 0.6 is 0 Å². The summed E-state index contributed by atoms with van der Waals surface area (Å²) in [5.74, 6) is -0.725. The second-order valence-electron chi connectivity index (χ2n) is 5.15. The fourth-order valence-corrected chi connectivity index (χ4v) is 2.32. The first-order chi connectivity index (χ1) is 10.2. The van der Waals surface area contributed by atoms with Gasteiger partial charge >= 0.3 is 6.18 Å². The van der Waals surface area contributed by atoms with Crippen LogP contribution in [0.4, 0.5) is 13.2 Å². The first-order valence-electron chi connectivity index (χ1n) is 6.63. The topological polar surface area (TPSA) is 38.1 Å². The molecule has 0 unspecified atom stereocenters. The van der Waals surface area contributed by atoms with E-state index in [9.17, 15) is 18.0 Å². The lowest BCUT2D eigenvalue weighted by Crippen LogP contribution is -2.36. The van der Waals surface area contributed by atoms with E-state index in [1.54, 1.807) is 0 Å². The van der Waals surface area contributed by atoms with Crippen LogP contribution in [0.2, 0.25) is 0 Å². The Hall–Kier alpha value is -2.31. The van der Waals surface area contributed by atoms with E-state index in [4.69, 9.17) is 0 Å². The zero-order valence-electron chi connectivity index (χ0n) is 12.5. The molecule has 0 fully saturated rings. The Morgan fingerprint density at radius 1 is 1.23 bits per heavy atom. The van der Waals surface area contributed by atoms with Crippen molar-refractivity contribution < 1.29 is 18.0 Å². The standard InChI is InChI=1S/C15H16F3N3O/c1-10-5-4-6-11(2)13(10)21-12(7-8-19-21)14(22)20(3)9-15(16,17)18/h4-8H,9H2,1-3H3. The minimum Gasteiger partial charge on any atom is -0.331 e. The van der Waals surface area contributed by atoms with Crippen molar-refractivity contribution in [3.05, 3.63) is 47.3 Å². The molecule has 0 atom stereocenters. The van der Waals surface area contributed by atoms with Gasteiger partial charge in [0, 0.05) is 7.05 Å². The molecule has 1 aromatic carbocycles. The van der Waals surface area contributed by atoms with E-state index in [2.05, 4.69) is 5.10 Å². The Labute approximate surface area is 126 Å². The van der Waals surface area contributed by atoms with Crippen molar-refractivity contribution >= 4 is 5.91 Å². The number of rotatable bonds is 3.